The topological polar surface area (TPSA) is 39.4 Å². The Labute approximate surface area is 101 Å². The second kappa shape index (κ2) is 4.82. The number of rotatable bonds is 3. The van der Waals surface area contributed by atoms with Crippen molar-refractivity contribution in [3.63, 3.8) is 0 Å². The Hall–Kier alpha value is -2.10. The van der Waals surface area contributed by atoms with Gasteiger partial charge in [0.15, 0.2) is 0 Å². The van der Waals surface area contributed by atoms with Crippen molar-refractivity contribution in [2.75, 3.05) is 7.11 Å². The molecule has 0 radical (unpaired) electrons. The van der Waals surface area contributed by atoms with Gasteiger partial charge in [-0.2, -0.15) is 0 Å². The summed E-state index contributed by atoms with van der Waals surface area (Å²) in [6.45, 7) is 1.96. The molecule has 4 nitrogen and oxygen atoms in total. The normalized spacial score (nSPS) is 11.0. The molecule has 88 valence electrons. The van der Waals surface area contributed by atoms with Crippen LogP contribution in [0.5, 0.6) is 5.75 Å². The molecule has 0 saturated heterocycles. The van der Waals surface area contributed by atoms with Crippen LogP contribution >= 0.6 is 0 Å². The minimum absolute atomic E-state index is 0.761. The molecule has 1 heterocycles. The van der Waals surface area contributed by atoms with E-state index in [9.17, 15) is 0 Å². The summed E-state index contributed by atoms with van der Waals surface area (Å²) in [5.74, 6) is 1.72. The summed E-state index contributed by atoms with van der Waals surface area (Å²) in [7, 11) is 3.60. The quantitative estimate of drug-likeness (QED) is 0.758. The van der Waals surface area contributed by atoms with Gasteiger partial charge >= 0.3 is 0 Å². The highest BCUT2D eigenvalue weighted by molar-refractivity contribution is 5.80. The van der Waals surface area contributed by atoms with Crippen LogP contribution in [0.1, 0.15) is 11.5 Å². The van der Waals surface area contributed by atoms with Crippen LogP contribution in [0.25, 0.3) is 0 Å². The number of nitrogens with zero attached hydrogens (tertiary/aromatic N) is 3. The number of hydrogen-bond donors (Lipinski definition) is 0. The molecule has 0 aliphatic carbocycles. The summed E-state index contributed by atoms with van der Waals surface area (Å²) in [6, 6.07) is 7.64. The smallest absolute Gasteiger partial charge is 0.144 e. The molecule has 0 spiro atoms. The number of aliphatic imine (C=N–C) groups is 1. The molecule has 0 unspecified atom stereocenters. The van der Waals surface area contributed by atoms with Crippen molar-refractivity contribution in [2.24, 2.45) is 12.0 Å². The second-order valence-corrected chi connectivity index (χ2v) is 3.75. The summed E-state index contributed by atoms with van der Waals surface area (Å²) in [5.41, 5.74) is 1.65. The van der Waals surface area contributed by atoms with Crippen molar-refractivity contribution >= 4 is 11.9 Å². The van der Waals surface area contributed by atoms with Crippen molar-refractivity contribution in [3.8, 4) is 5.75 Å². The van der Waals surface area contributed by atoms with Gasteiger partial charge in [-0.25, -0.2) is 4.98 Å². The molecule has 1 aromatic heterocycles. The summed E-state index contributed by atoms with van der Waals surface area (Å²) >= 11 is 0. The molecule has 0 aliphatic rings. The minimum Gasteiger partial charge on any atom is -0.494 e. The average molecular weight is 229 g/mol. The lowest BCUT2D eigenvalue weighted by Gasteiger charge is -2.01. The van der Waals surface area contributed by atoms with E-state index < -0.39 is 0 Å². The molecule has 0 atom stereocenters. The van der Waals surface area contributed by atoms with Crippen LogP contribution in [0, 0.1) is 6.92 Å². The highest BCUT2D eigenvalue weighted by atomic mass is 16.5. The van der Waals surface area contributed by atoms with Crippen LogP contribution < -0.4 is 4.74 Å². The highest BCUT2D eigenvalue weighted by Crippen LogP contribution is 2.25. The Morgan fingerprint density at radius 1 is 1.35 bits per heavy atom. The highest BCUT2D eigenvalue weighted by Gasteiger charge is 2.00. The predicted molar refractivity (Wildman–Crippen MR) is 68.2 cm³/mol. The molecular formula is C13H15N3O. The van der Waals surface area contributed by atoms with Gasteiger partial charge in [0.05, 0.1) is 19.0 Å². The molecule has 0 aliphatic heterocycles. The zero-order valence-electron chi connectivity index (χ0n) is 10.2. The number of imidazole rings is 1. The minimum atomic E-state index is 0.761. The monoisotopic (exact) mass is 229 g/mol. The Kier molecular flexibility index (Phi) is 3.23. The molecule has 17 heavy (non-hydrogen) atoms. The fraction of sp³-hybridized carbons (Fsp3) is 0.231. The van der Waals surface area contributed by atoms with Crippen molar-refractivity contribution < 1.29 is 4.74 Å². The van der Waals surface area contributed by atoms with Gasteiger partial charge in [0.2, 0.25) is 0 Å². The largest absolute Gasteiger partial charge is 0.494 e. The van der Waals surface area contributed by atoms with E-state index >= 15 is 0 Å². The number of methoxy groups -OCH3 is 1. The third kappa shape index (κ3) is 2.53. The Bertz CT molecular complexity index is 524. The number of aromatic nitrogens is 2. The number of hydrogen-bond acceptors (Lipinski definition) is 3. The first kappa shape index (κ1) is 11.4. The standard InChI is InChI=1S/C13H15N3O/c1-10-15-11(9-16(10)2)8-14-12-6-4-5-7-13(12)17-3/h4-9H,1-3H3. The number of ether oxygens (including phenoxy) is 1. The van der Waals surface area contributed by atoms with E-state index in [-0.39, 0.29) is 0 Å². The first-order valence-corrected chi connectivity index (χ1v) is 5.38. The molecular weight excluding hydrogens is 214 g/mol. The van der Waals surface area contributed by atoms with Gasteiger partial charge in [-0.1, -0.05) is 12.1 Å². The van der Waals surface area contributed by atoms with E-state index in [1.54, 1.807) is 13.3 Å². The van der Waals surface area contributed by atoms with Gasteiger partial charge in [0.1, 0.15) is 17.3 Å². The zero-order valence-corrected chi connectivity index (χ0v) is 10.2. The van der Waals surface area contributed by atoms with Crippen molar-refractivity contribution in [1.82, 2.24) is 9.55 Å². The van der Waals surface area contributed by atoms with Crippen molar-refractivity contribution in [2.45, 2.75) is 6.92 Å². The average Bonchev–Trinajstić information content (AvgIpc) is 2.66. The fourth-order valence-electron chi connectivity index (χ4n) is 1.52. The number of para-hydroxylation sites is 2. The van der Waals surface area contributed by atoms with Crippen LogP contribution in [-0.2, 0) is 7.05 Å². The second-order valence-electron chi connectivity index (χ2n) is 3.75. The van der Waals surface area contributed by atoms with E-state index in [0.29, 0.717) is 0 Å². The summed E-state index contributed by atoms with van der Waals surface area (Å²) in [4.78, 5) is 8.73. The Morgan fingerprint density at radius 3 is 2.76 bits per heavy atom. The molecule has 1 aromatic carbocycles. The van der Waals surface area contributed by atoms with E-state index in [0.717, 1.165) is 23.0 Å². The predicted octanol–water partition coefficient (Wildman–Crippen LogP) is 2.49. The molecule has 2 aromatic rings. The van der Waals surface area contributed by atoms with Gasteiger partial charge in [0.25, 0.3) is 0 Å². The molecule has 0 N–H and O–H groups in total. The van der Waals surface area contributed by atoms with Crippen molar-refractivity contribution in [1.29, 1.82) is 0 Å². The molecule has 0 bridgehead atoms. The fourth-order valence-corrected chi connectivity index (χ4v) is 1.52. The maximum atomic E-state index is 5.22. The van der Waals surface area contributed by atoms with Gasteiger partial charge in [-0.3, -0.25) is 4.99 Å². The van der Waals surface area contributed by atoms with E-state index in [2.05, 4.69) is 9.98 Å². The molecule has 0 saturated carbocycles. The first-order valence-electron chi connectivity index (χ1n) is 5.38. The van der Waals surface area contributed by atoms with Gasteiger partial charge in [-0.05, 0) is 19.1 Å². The maximum absolute atomic E-state index is 5.22. The lowest BCUT2D eigenvalue weighted by atomic mass is 10.3. The molecule has 0 amide bonds. The van der Waals surface area contributed by atoms with Gasteiger partial charge in [-0.15, -0.1) is 0 Å². The Morgan fingerprint density at radius 2 is 2.12 bits per heavy atom. The van der Waals surface area contributed by atoms with Gasteiger partial charge < -0.3 is 9.30 Å². The summed E-state index contributed by atoms with van der Waals surface area (Å²) in [5, 5.41) is 0. The zero-order chi connectivity index (χ0) is 12.3. The number of aryl methyl sites for hydroxylation is 2. The van der Waals surface area contributed by atoms with Crippen LogP contribution in [0.3, 0.4) is 0 Å². The number of benzene rings is 1. The van der Waals surface area contributed by atoms with Gasteiger partial charge in [0, 0.05) is 13.2 Å². The van der Waals surface area contributed by atoms with Crippen LogP contribution in [0.2, 0.25) is 0 Å². The molecule has 0 fully saturated rings. The SMILES string of the molecule is COc1ccccc1N=Cc1cn(C)c(C)n1. The van der Waals surface area contributed by atoms with E-state index in [1.807, 2.05) is 49.0 Å². The molecule has 4 heteroatoms. The lowest BCUT2D eigenvalue weighted by molar-refractivity contribution is 0.416. The summed E-state index contributed by atoms with van der Waals surface area (Å²) < 4.78 is 7.19. The summed E-state index contributed by atoms with van der Waals surface area (Å²) in [6.07, 6.45) is 3.68. The van der Waals surface area contributed by atoms with Crippen LogP contribution in [-0.4, -0.2) is 22.9 Å². The maximum Gasteiger partial charge on any atom is 0.144 e. The van der Waals surface area contributed by atoms with Crippen molar-refractivity contribution in [3.05, 3.63) is 42.0 Å². The third-order valence-electron chi connectivity index (χ3n) is 2.55. The van der Waals surface area contributed by atoms with Crippen LogP contribution in [0.15, 0.2) is 35.5 Å². The lowest BCUT2D eigenvalue weighted by Crippen LogP contribution is -1.86. The van der Waals surface area contributed by atoms with E-state index in [4.69, 9.17) is 4.74 Å². The molecule has 2 rings (SSSR count). The Balaban J connectivity index is 2.25. The van der Waals surface area contributed by atoms with E-state index in [1.165, 1.54) is 0 Å². The van der Waals surface area contributed by atoms with Crippen LogP contribution in [0.4, 0.5) is 5.69 Å². The first-order chi connectivity index (χ1) is 8.20. The third-order valence-corrected chi connectivity index (χ3v) is 2.55.